The Balaban J connectivity index is 2.37. The topological polar surface area (TPSA) is 74.7 Å². The molecule has 0 amide bonds. The van der Waals surface area contributed by atoms with Crippen molar-refractivity contribution in [3.05, 3.63) is 29.6 Å². The van der Waals surface area contributed by atoms with Crippen LogP contribution >= 0.6 is 0 Å². The van der Waals surface area contributed by atoms with Crippen molar-refractivity contribution in [1.29, 1.82) is 0 Å². The van der Waals surface area contributed by atoms with Gasteiger partial charge in [0, 0.05) is 6.54 Å². The van der Waals surface area contributed by atoms with Crippen molar-refractivity contribution in [3.63, 3.8) is 0 Å². The molecule has 0 spiro atoms. The van der Waals surface area contributed by atoms with Crippen LogP contribution in [-0.2, 0) is 14.8 Å². The number of sulfonamides is 1. The van der Waals surface area contributed by atoms with E-state index in [4.69, 9.17) is 5.11 Å². The van der Waals surface area contributed by atoms with Gasteiger partial charge in [0.25, 0.3) is 0 Å². The first-order valence-electron chi connectivity index (χ1n) is 6.29. The Morgan fingerprint density at radius 1 is 1.45 bits per heavy atom. The second-order valence-corrected chi connectivity index (χ2v) is 6.95. The van der Waals surface area contributed by atoms with Gasteiger partial charge in [0.1, 0.15) is 12.4 Å². The number of carbonyl (C=O) groups is 1. The van der Waals surface area contributed by atoms with E-state index in [2.05, 4.69) is 0 Å². The molecule has 1 N–H and O–H groups in total. The lowest BCUT2D eigenvalue weighted by atomic mass is 10.2. The zero-order valence-electron chi connectivity index (χ0n) is 11.0. The van der Waals surface area contributed by atoms with Crippen molar-refractivity contribution in [2.75, 3.05) is 13.1 Å². The molecule has 5 nitrogen and oxygen atoms in total. The quantitative estimate of drug-likeness (QED) is 0.866. The third kappa shape index (κ3) is 3.34. The predicted octanol–water partition coefficient (Wildman–Crippen LogP) is 1.62. The third-order valence-electron chi connectivity index (χ3n) is 3.24. The summed E-state index contributed by atoms with van der Waals surface area (Å²) in [4.78, 5) is 10.7. The second kappa shape index (κ2) is 5.49. The van der Waals surface area contributed by atoms with Crippen LogP contribution in [-0.4, -0.2) is 36.9 Å². The molecule has 0 bridgehead atoms. The number of carboxylic acids is 1. The maximum Gasteiger partial charge on any atom is 0.318 e. The zero-order valence-corrected chi connectivity index (χ0v) is 11.9. The van der Waals surface area contributed by atoms with Gasteiger partial charge in [-0.25, -0.2) is 12.8 Å². The number of hydrogen-bond acceptors (Lipinski definition) is 3. The maximum atomic E-state index is 13.3. The summed E-state index contributed by atoms with van der Waals surface area (Å²) in [6, 6.07) is 3.49. The minimum atomic E-state index is -3.99. The fourth-order valence-electron chi connectivity index (χ4n) is 1.98. The molecule has 20 heavy (non-hydrogen) atoms. The largest absolute Gasteiger partial charge is 0.480 e. The van der Waals surface area contributed by atoms with E-state index in [-0.39, 0.29) is 17.4 Å². The van der Waals surface area contributed by atoms with E-state index in [1.807, 2.05) is 0 Å². The summed E-state index contributed by atoms with van der Waals surface area (Å²) in [6.07, 6.45) is 1.79. The first-order valence-corrected chi connectivity index (χ1v) is 7.73. The molecule has 1 aliphatic carbocycles. The van der Waals surface area contributed by atoms with E-state index >= 15 is 0 Å². The van der Waals surface area contributed by atoms with E-state index in [0.717, 1.165) is 23.2 Å². The van der Waals surface area contributed by atoms with Gasteiger partial charge < -0.3 is 5.11 Å². The van der Waals surface area contributed by atoms with Crippen LogP contribution in [0.1, 0.15) is 18.4 Å². The lowest BCUT2D eigenvalue weighted by Crippen LogP contribution is -2.37. The number of rotatable bonds is 6. The van der Waals surface area contributed by atoms with Crippen molar-refractivity contribution in [3.8, 4) is 0 Å². The third-order valence-corrected chi connectivity index (χ3v) is 5.19. The second-order valence-electron chi connectivity index (χ2n) is 5.04. The molecular weight excluding hydrogens is 285 g/mol. The first-order chi connectivity index (χ1) is 9.30. The molecule has 0 unspecified atom stereocenters. The van der Waals surface area contributed by atoms with E-state index in [0.29, 0.717) is 5.56 Å². The molecule has 0 atom stereocenters. The van der Waals surface area contributed by atoms with Gasteiger partial charge in [-0.3, -0.25) is 4.79 Å². The van der Waals surface area contributed by atoms with Crippen molar-refractivity contribution < 1.29 is 22.7 Å². The Labute approximate surface area is 117 Å². The molecule has 7 heteroatoms. The molecule has 1 aromatic rings. The monoisotopic (exact) mass is 301 g/mol. The Kier molecular flexibility index (Phi) is 4.10. The summed E-state index contributed by atoms with van der Waals surface area (Å²) in [6.45, 7) is 1.13. The van der Waals surface area contributed by atoms with Crippen LogP contribution in [0.15, 0.2) is 23.1 Å². The highest BCUT2D eigenvalue weighted by Gasteiger charge is 2.33. The van der Waals surface area contributed by atoms with Gasteiger partial charge in [0.15, 0.2) is 0 Å². The van der Waals surface area contributed by atoms with Crippen molar-refractivity contribution in [1.82, 2.24) is 4.31 Å². The molecule has 2 rings (SSSR count). The highest BCUT2D eigenvalue weighted by atomic mass is 32.2. The van der Waals surface area contributed by atoms with Gasteiger partial charge in [-0.1, -0.05) is 6.07 Å². The zero-order chi connectivity index (χ0) is 14.9. The van der Waals surface area contributed by atoms with Crippen LogP contribution in [0, 0.1) is 18.7 Å². The van der Waals surface area contributed by atoms with Crippen molar-refractivity contribution in [2.24, 2.45) is 5.92 Å². The summed E-state index contributed by atoms with van der Waals surface area (Å²) in [7, 11) is -3.99. The van der Waals surface area contributed by atoms with Crippen molar-refractivity contribution in [2.45, 2.75) is 24.7 Å². The number of hydrogen-bond donors (Lipinski definition) is 1. The maximum absolute atomic E-state index is 13.3. The number of nitrogens with zero attached hydrogens (tertiary/aromatic N) is 1. The summed E-state index contributed by atoms with van der Waals surface area (Å²) < 4.78 is 39.2. The molecule has 0 aromatic heterocycles. The predicted molar refractivity (Wildman–Crippen MR) is 70.3 cm³/mol. The normalized spacial score (nSPS) is 15.6. The van der Waals surface area contributed by atoms with E-state index in [1.54, 1.807) is 6.92 Å². The van der Waals surface area contributed by atoms with Gasteiger partial charge in [0.2, 0.25) is 10.0 Å². The molecule has 1 fully saturated rings. The summed E-state index contributed by atoms with van der Waals surface area (Å²) in [5.41, 5.74) is 0.401. The first kappa shape index (κ1) is 14.9. The molecule has 0 radical (unpaired) electrons. The SMILES string of the molecule is Cc1ccc(F)cc1S(=O)(=O)N(CC(=O)O)CC1CC1. The number of aliphatic carboxylic acids is 1. The van der Waals surface area contributed by atoms with Crippen LogP contribution < -0.4 is 0 Å². The Bertz CT molecular complexity index is 625. The molecule has 1 saturated carbocycles. The molecule has 0 aliphatic heterocycles. The fraction of sp³-hybridized carbons (Fsp3) is 0.462. The average molecular weight is 301 g/mol. The Morgan fingerprint density at radius 2 is 2.10 bits per heavy atom. The number of aryl methyl sites for hydroxylation is 1. The van der Waals surface area contributed by atoms with E-state index in [9.17, 15) is 17.6 Å². The number of benzene rings is 1. The standard InChI is InChI=1S/C13H16FNO4S/c1-9-2-5-11(14)6-12(9)20(18,19)15(8-13(16)17)7-10-3-4-10/h2,5-6,10H,3-4,7-8H2,1H3,(H,16,17). The lowest BCUT2D eigenvalue weighted by Gasteiger charge is -2.21. The summed E-state index contributed by atoms with van der Waals surface area (Å²) in [5.74, 6) is -1.67. The van der Waals surface area contributed by atoms with Crippen LogP contribution in [0.5, 0.6) is 0 Å². The van der Waals surface area contributed by atoms with Crippen LogP contribution in [0.3, 0.4) is 0 Å². The van der Waals surface area contributed by atoms with Crippen LogP contribution in [0.2, 0.25) is 0 Å². The molecule has 1 aliphatic rings. The minimum absolute atomic E-state index is 0.167. The Hall–Kier alpha value is -1.47. The number of halogens is 1. The summed E-state index contributed by atoms with van der Waals surface area (Å²) in [5, 5.41) is 8.87. The van der Waals surface area contributed by atoms with E-state index in [1.165, 1.54) is 12.1 Å². The van der Waals surface area contributed by atoms with Crippen LogP contribution in [0.25, 0.3) is 0 Å². The molecular formula is C13H16FNO4S. The molecule has 0 heterocycles. The lowest BCUT2D eigenvalue weighted by molar-refractivity contribution is -0.137. The van der Waals surface area contributed by atoms with Gasteiger partial charge >= 0.3 is 5.97 Å². The van der Waals surface area contributed by atoms with Crippen LogP contribution in [0.4, 0.5) is 4.39 Å². The van der Waals surface area contributed by atoms with Gasteiger partial charge in [0.05, 0.1) is 4.90 Å². The molecule has 1 aromatic carbocycles. The van der Waals surface area contributed by atoms with Gasteiger partial charge in [-0.05, 0) is 43.4 Å². The molecule has 110 valence electrons. The average Bonchev–Trinajstić information content (AvgIpc) is 3.14. The van der Waals surface area contributed by atoms with E-state index < -0.39 is 28.4 Å². The minimum Gasteiger partial charge on any atom is -0.480 e. The highest BCUT2D eigenvalue weighted by Crippen LogP contribution is 2.32. The van der Waals surface area contributed by atoms with Gasteiger partial charge in [-0.2, -0.15) is 4.31 Å². The fourth-order valence-corrected chi connectivity index (χ4v) is 3.68. The Morgan fingerprint density at radius 3 is 2.65 bits per heavy atom. The smallest absolute Gasteiger partial charge is 0.318 e. The number of carboxylic acid groups (broad SMARTS) is 1. The molecule has 0 saturated heterocycles. The summed E-state index contributed by atoms with van der Waals surface area (Å²) >= 11 is 0. The van der Waals surface area contributed by atoms with Gasteiger partial charge in [-0.15, -0.1) is 0 Å². The van der Waals surface area contributed by atoms with Crippen molar-refractivity contribution >= 4 is 16.0 Å². The highest BCUT2D eigenvalue weighted by molar-refractivity contribution is 7.89.